The number of hydrogen-bond acceptors (Lipinski definition) is 5. The number of para-hydroxylation sites is 1. The van der Waals surface area contributed by atoms with Gasteiger partial charge in [0.05, 0.1) is 12.0 Å². The van der Waals surface area contributed by atoms with Gasteiger partial charge < -0.3 is 0 Å². The molecule has 0 aliphatic carbocycles. The number of halogens is 1. The second-order valence-electron chi connectivity index (χ2n) is 8.94. The monoisotopic (exact) mass is 547 g/mol. The Morgan fingerprint density at radius 2 is 1.77 bits per heavy atom. The average molecular weight is 549 g/mol. The van der Waals surface area contributed by atoms with Crippen LogP contribution in [0.25, 0.3) is 17.1 Å². The fraction of sp³-hybridized carbons (Fsp3) is 0.185. The number of carbonyl (C=O) groups excluding carboxylic acids is 1. The first-order valence-corrected chi connectivity index (χ1v) is 12.9. The van der Waals surface area contributed by atoms with E-state index in [1.807, 2.05) is 59.2 Å². The lowest BCUT2D eigenvalue weighted by atomic mass is 9.87. The van der Waals surface area contributed by atoms with Crippen LogP contribution in [0.15, 0.2) is 93.6 Å². The summed E-state index contributed by atoms with van der Waals surface area (Å²) in [5, 5.41) is 13.6. The van der Waals surface area contributed by atoms with E-state index >= 15 is 0 Å². The molecule has 0 saturated heterocycles. The summed E-state index contributed by atoms with van der Waals surface area (Å²) in [5.74, 6) is 0.663. The van der Waals surface area contributed by atoms with Crippen LogP contribution in [0.5, 0.6) is 0 Å². The summed E-state index contributed by atoms with van der Waals surface area (Å²) in [5.41, 5.74) is 6.68. The van der Waals surface area contributed by atoms with Crippen molar-refractivity contribution < 1.29 is 4.79 Å². The fourth-order valence-electron chi connectivity index (χ4n) is 3.41. The van der Waals surface area contributed by atoms with Crippen LogP contribution in [-0.4, -0.2) is 32.6 Å². The Morgan fingerprint density at radius 3 is 2.46 bits per heavy atom. The van der Waals surface area contributed by atoms with Crippen molar-refractivity contribution in [3.63, 3.8) is 0 Å². The molecule has 1 heterocycles. The Hall–Kier alpha value is -3.23. The maximum absolute atomic E-state index is 12.4. The zero-order valence-electron chi connectivity index (χ0n) is 19.8. The number of aromatic nitrogens is 3. The van der Waals surface area contributed by atoms with Crippen LogP contribution < -0.4 is 5.43 Å². The molecule has 35 heavy (non-hydrogen) atoms. The number of carbonyl (C=O) groups is 1. The van der Waals surface area contributed by atoms with Crippen molar-refractivity contribution in [2.45, 2.75) is 31.3 Å². The molecule has 1 aromatic heterocycles. The molecule has 0 aliphatic rings. The minimum absolute atomic E-state index is 0.0689. The number of hydrogen-bond donors (Lipinski definition) is 1. The highest BCUT2D eigenvalue weighted by atomic mass is 79.9. The van der Waals surface area contributed by atoms with Gasteiger partial charge in [-0.1, -0.05) is 103 Å². The van der Waals surface area contributed by atoms with Gasteiger partial charge in [-0.2, -0.15) is 5.10 Å². The third kappa shape index (κ3) is 6.46. The van der Waals surface area contributed by atoms with Crippen molar-refractivity contribution in [2.75, 3.05) is 5.75 Å². The number of thioether (sulfide) groups is 1. The number of benzene rings is 3. The SMILES string of the molecule is CC(C)(C)c1ccc(-c2nnc(SCC(=O)NN=Cc3cccc(Br)c3)n2-c2ccccc2)cc1. The third-order valence-electron chi connectivity index (χ3n) is 5.24. The number of nitrogens with zero attached hydrogens (tertiary/aromatic N) is 4. The number of hydrazone groups is 1. The fourth-order valence-corrected chi connectivity index (χ4v) is 4.57. The summed E-state index contributed by atoms with van der Waals surface area (Å²) in [4.78, 5) is 12.4. The summed E-state index contributed by atoms with van der Waals surface area (Å²) >= 11 is 4.74. The Labute approximate surface area is 218 Å². The molecular weight excluding hydrogens is 522 g/mol. The van der Waals surface area contributed by atoms with Gasteiger partial charge in [-0.05, 0) is 40.8 Å². The minimum Gasteiger partial charge on any atom is -0.272 e. The molecule has 4 aromatic rings. The molecule has 1 amide bonds. The summed E-state index contributed by atoms with van der Waals surface area (Å²) in [6.45, 7) is 6.57. The molecule has 0 fully saturated rings. The van der Waals surface area contributed by atoms with E-state index < -0.39 is 0 Å². The standard InChI is InChI=1S/C27H26BrN5OS/c1-27(2,3)21-14-12-20(13-15-21)25-31-32-26(33(25)23-10-5-4-6-11-23)35-18-24(34)30-29-17-19-8-7-9-22(28)16-19/h4-17H,18H2,1-3H3,(H,30,34). The summed E-state index contributed by atoms with van der Waals surface area (Å²) < 4.78 is 2.93. The maximum Gasteiger partial charge on any atom is 0.250 e. The molecule has 6 nitrogen and oxygen atoms in total. The lowest BCUT2D eigenvalue weighted by Gasteiger charge is -2.19. The topological polar surface area (TPSA) is 72.2 Å². The maximum atomic E-state index is 12.4. The van der Waals surface area contributed by atoms with Gasteiger partial charge in [0.25, 0.3) is 5.91 Å². The Bertz CT molecular complexity index is 1330. The van der Waals surface area contributed by atoms with Gasteiger partial charge >= 0.3 is 0 Å². The van der Waals surface area contributed by atoms with Gasteiger partial charge in [-0.15, -0.1) is 10.2 Å². The van der Waals surface area contributed by atoms with E-state index in [-0.39, 0.29) is 17.1 Å². The molecule has 0 spiro atoms. The largest absolute Gasteiger partial charge is 0.272 e. The van der Waals surface area contributed by atoms with Gasteiger partial charge in [0, 0.05) is 15.7 Å². The average Bonchev–Trinajstić information content (AvgIpc) is 3.27. The molecule has 0 bridgehead atoms. The first-order chi connectivity index (χ1) is 16.8. The molecular formula is C27H26BrN5OS. The van der Waals surface area contributed by atoms with Crippen LogP contribution in [0.1, 0.15) is 31.9 Å². The molecule has 4 rings (SSSR count). The number of amides is 1. The molecule has 0 atom stereocenters. The zero-order valence-corrected chi connectivity index (χ0v) is 22.2. The third-order valence-corrected chi connectivity index (χ3v) is 6.66. The molecule has 0 saturated carbocycles. The van der Waals surface area contributed by atoms with Crippen molar-refractivity contribution >= 4 is 39.8 Å². The highest BCUT2D eigenvalue weighted by molar-refractivity contribution is 9.10. The van der Waals surface area contributed by atoms with Crippen LogP contribution in [0, 0.1) is 0 Å². The van der Waals surface area contributed by atoms with Crippen molar-refractivity contribution in [1.29, 1.82) is 0 Å². The predicted molar refractivity (Wildman–Crippen MR) is 146 cm³/mol. The number of nitrogens with one attached hydrogen (secondary N) is 1. The summed E-state index contributed by atoms with van der Waals surface area (Å²) in [6.07, 6.45) is 1.61. The summed E-state index contributed by atoms with van der Waals surface area (Å²) in [7, 11) is 0. The van der Waals surface area contributed by atoms with E-state index in [4.69, 9.17) is 0 Å². The Morgan fingerprint density at radius 1 is 1.03 bits per heavy atom. The van der Waals surface area contributed by atoms with Crippen molar-refractivity contribution in [3.05, 3.63) is 94.5 Å². The van der Waals surface area contributed by atoms with Crippen molar-refractivity contribution in [3.8, 4) is 17.1 Å². The Kier molecular flexibility index (Phi) is 7.83. The second kappa shape index (κ2) is 11.0. The predicted octanol–water partition coefficient (Wildman–Crippen LogP) is 6.24. The molecule has 0 aliphatic heterocycles. The van der Waals surface area contributed by atoms with Gasteiger partial charge in [-0.25, -0.2) is 5.43 Å². The van der Waals surface area contributed by atoms with Gasteiger partial charge in [0.1, 0.15) is 0 Å². The molecule has 0 unspecified atom stereocenters. The van der Waals surface area contributed by atoms with E-state index in [2.05, 4.69) is 81.7 Å². The molecule has 0 radical (unpaired) electrons. The minimum atomic E-state index is -0.222. The van der Waals surface area contributed by atoms with Crippen LogP contribution in [-0.2, 0) is 10.2 Å². The smallest absolute Gasteiger partial charge is 0.250 e. The van der Waals surface area contributed by atoms with Crippen molar-refractivity contribution in [1.82, 2.24) is 20.2 Å². The first-order valence-electron chi connectivity index (χ1n) is 11.1. The van der Waals surface area contributed by atoms with E-state index in [0.29, 0.717) is 5.16 Å². The lowest BCUT2D eigenvalue weighted by molar-refractivity contribution is -0.118. The van der Waals surface area contributed by atoms with Crippen LogP contribution in [0.2, 0.25) is 0 Å². The van der Waals surface area contributed by atoms with Crippen LogP contribution in [0.3, 0.4) is 0 Å². The molecule has 1 N–H and O–H groups in total. The van der Waals surface area contributed by atoms with Crippen molar-refractivity contribution in [2.24, 2.45) is 5.10 Å². The molecule has 8 heteroatoms. The molecule has 3 aromatic carbocycles. The zero-order chi connectivity index (χ0) is 24.8. The van der Waals surface area contributed by atoms with E-state index in [0.717, 1.165) is 27.1 Å². The normalized spacial score (nSPS) is 11.7. The van der Waals surface area contributed by atoms with E-state index in [1.54, 1.807) is 6.21 Å². The highest BCUT2D eigenvalue weighted by Crippen LogP contribution is 2.30. The second-order valence-corrected chi connectivity index (χ2v) is 10.8. The van der Waals surface area contributed by atoms with Gasteiger partial charge in [0.2, 0.25) is 0 Å². The molecule has 178 valence electrons. The first kappa shape index (κ1) is 24.9. The lowest BCUT2D eigenvalue weighted by Crippen LogP contribution is -2.20. The quantitative estimate of drug-likeness (QED) is 0.169. The summed E-state index contributed by atoms with van der Waals surface area (Å²) in [6, 6.07) is 26.0. The van der Waals surface area contributed by atoms with Crippen LogP contribution >= 0.6 is 27.7 Å². The van der Waals surface area contributed by atoms with E-state index in [1.165, 1.54) is 17.3 Å². The highest BCUT2D eigenvalue weighted by Gasteiger charge is 2.19. The van der Waals surface area contributed by atoms with Gasteiger partial charge in [0.15, 0.2) is 11.0 Å². The van der Waals surface area contributed by atoms with Gasteiger partial charge in [-0.3, -0.25) is 9.36 Å². The Balaban J connectivity index is 1.52. The number of rotatable bonds is 7. The van der Waals surface area contributed by atoms with E-state index in [9.17, 15) is 4.79 Å². The van der Waals surface area contributed by atoms with Crippen LogP contribution in [0.4, 0.5) is 0 Å².